The van der Waals surface area contributed by atoms with E-state index < -0.39 is 12.3 Å². The van der Waals surface area contributed by atoms with Crippen LogP contribution in [0.1, 0.15) is 12.8 Å². The molecule has 1 aliphatic heterocycles. The van der Waals surface area contributed by atoms with Gasteiger partial charge in [-0.1, -0.05) is 24.3 Å². The van der Waals surface area contributed by atoms with Crippen LogP contribution in [-0.4, -0.2) is 53.4 Å². The van der Waals surface area contributed by atoms with Crippen molar-refractivity contribution in [3.05, 3.63) is 35.5 Å². The summed E-state index contributed by atoms with van der Waals surface area (Å²) in [5, 5.41) is 11.1. The van der Waals surface area contributed by atoms with Gasteiger partial charge in [0.05, 0.1) is 6.04 Å². The lowest BCUT2D eigenvalue weighted by atomic mass is 9.96. The van der Waals surface area contributed by atoms with E-state index in [9.17, 15) is 5.11 Å². The highest BCUT2D eigenvalue weighted by atomic mass is 35.5. The molecule has 106 valence electrons. The van der Waals surface area contributed by atoms with Gasteiger partial charge in [-0.25, -0.2) is 0 Å². The Morgan fingerprint density at radius 3 is 2.63 bits per heavy atom. The van der Waals surface area contributed by atoms with Crippen molar-refractivity contribution in [1.82, 2.24) is 9.80 Å². The number of hydrogen-bond acceptors (Lipinski definition) is 4. The molecule has 1 aliphatic carbocycles. The molecule has 2 atom stereocenters. The van der Waals surface area contributed by atoms with E-state index in [0.29, 0.717) is 5.03 Å². The molecule has 0 aromatic rings. The van der Waals surface area contributed by atoms with Crippen LogP contribution in [0.15, 0.2) is 35.5 Å². The van der Waals surface area contributed by atoms with E-state index in [1.54, 1.807) is 0 Å². The first-order valence-corrected chi connectivity index (χ1v) is 7.10. The predicted octanol–water partition coefficient (Wildman–Crippen LogP) is 1.24. The van der Waals surface area contributed by atoms with Crippen LogP contribution in [0.2, 0.25) is 0 Å². The summed E-state index contributed by atoms with van der Waals surface area (Å²) in [4.78, 5) is 4.16. The Kier molecular flexibility index (Phi) is 5.05. The number of aliphatic hydroxyl groups excluding tert-OH is 1. The third-order valence-electron chi connectivity index (χ3n) is 3.86. The fourth-order valence-electron chi connectivity index (χ4n) is 2.57. The third kappa shape index (κ3) is 3.39. The van der Waals surface area contributed by atoms with Crippen molar-refractivity contribution in [3.8, 4) is 0 Å². The van der Waals surface area contributed by atoms with E-state index >= 15 is 0 Å². The van der Waals surface area contributed by atoms with Crippen LogP contribution in [0.5, 0.6) is 0 Å². The maximum absolute atomic E-state index is 10.4. The number of allylic oxidation sites excluding steroid dienone is 3. The summed E-state index contributed by atoms with van der Waals surface area (Å²) in [6.45, 7) is 7.10. The number of rotatable bonds is 4. The number of nitrogens with two attached hydrogens (primary N) is 1. The summed E-state index contributed by atoms with van der Waals surface area (Å²) in [7, 11) is 0. The van der Waals surface area contributed by atoms with Crippen molar-refractivity contribution < 1.29 is 5.11 Å². The van der Waals surface area contributed by atoms with Gasteiger partial charge in [0, 0.05) is 31.2 Å². The fourth-order valence-corrected chi connectivity index (χ4v) is 2.88. The zero-order valence-electron chi connectivity index (χ0n) is 11.1. The Hall–Kier alpha value is -0.810. The molecular weight excluding hydrogens is 262 g/mol. The normalized spacial score (nSPS) is 24.5. The molecule has 0 amide bonds. The number of hydrogen-bond donors (Lipinski definition) is 2. The molecule has 0 aromatic carbocycles. The number of halogens is 1. The van der Waals surface area contributed by atoms with Crippen molar-refractivity contribution in [2.24, 2.45) is 5.73 Å². The van der Waals surface area contributed by atoms with Crippen LogP contribution in [0.25, 0.3) is 0 Å². The van der Waals surface area contributed by atoms with E-state index in [1.165, 1.54) is 0 Å². The monoisotopic (exact) mass is 283 g/mol. The minimum Gasteiger partial charge on any atom is -0.376 e. The van der Waals surface area contributed by atoms with Crippen LogP contribution < -0.4 is 5.73 Å². The minimum absolute atomic E-state index is 0.410. The van der Waals surface area contributed by atoms with Gasteiger partial charge in [-0.05, 0) is 30.7 Å². The molecule has 19 heavy (non-hydrogen) atoms. The van der Waals surface area contributed by atoms with E-state index in [2.05, 4.69) is 11.5 Å². The molecule has 0 aromatic heterocycles. The van der Waals surface area contributed by atoms with E-state index in [1.807, 2.05) is 23.3 Å². The van der Waals surface area contributed by atoms with Crippen molar-refractivity contribution in [2.75, 3.05) is 26.2 Å². The smallest absolute Gasteiger partial charge is 0.126 e. The fraction of sp³-hybridized carbons (Fsp3) is 0.571. The highest BCUT2D eigenvalue weighted by Crippen LogP contribution is 2.26. The third-order valence-corrected chi connectivity index (χ3v) is 4.22. The SMILES string of the molecule is C=CN1CCN(C(O)C(N)C2=C(Cl)C=CCC2)CC1. The lowest BCUT2D eigenvalue weighted by Gasteiger charge is -2.39. The standard InChI is InChI=1S/C14H22ClN3O/c1-2-17-7-9-18(10-8-17)14(19)13(16)11-5-3-4-6-12(11)15/h2,4,6,13-14,19H,1,3,5,7-10,16H2. The molecule has 2 unspecified atom stereocenters. The first-order valence-electron chi connectivity index (χ1n) is 6.73. The molecule has 0 bridgehead atoms. The summed E-state index contributed by atoms with van der Waals surface area (Å²) in [5.41, 5.74) is 7.14. The van der Waals surface area contributed by atoms with Gasteiger partial charge >= 0.3 is 0 Å². The van der Waals surface area contributed by atoms with Crippen molar-refractivity contribution in [2.45, 2.75) is 25.1 Å². The highest BCUT2D eigenvalue weighted by molar-refractivity contribution is 6.31. The number of aliphatic hydroxyl groups is 1. The van der Waals surface area contributed by atoms with Gasteiger partial charge in [0.1, 0.15) is 6.23 Å². The van der Waals surface area contributed by atoms with Crippen LogP contribution in [0.3, 0.4) is 0 Å². The topological polar surface area (TPSA) is 52.7 Å². The Labute approximate surface area is 119 Å². The summed E-state index contributed by atoms with van der Waals surface area (Å²) in [6.07, 6.45) is 6.86. The summed E-state index contributed by atoms with van der Waals surface area (Å²) in [5.74, 6) is 0. The molecule has 0 saturated carbocycles. The molecule has 2 rings (SSSR count). The molecule has 1 fully saturated rings. The molecule has 1 saturated heterocycles. The molecule has 0 radical (unpaired) electrons. The van der Waals surface area contributed by atoms with Crippen molar-refractivity contribution in [1.29, 1.82) is 0 Å². The van der Waals surface area contributed by atoms with Gasteiger partial charge in [-0.15, -0.1) is 0 Å². The molecule has 0 spiro atoms. The summed E-state index contributed by atoms with van der Waals surface area (Å²) in [6, 6.07) is -0.410. The Morgan fingerprint density at radius 2 is 2.05 bits per heavy atom. The number of nitrogens with zero attached hydrogens (tertiary/aromatic N) is 2. The predicted molar refractivity (Wildman–Crippen MR) is 78.6 cm³/mol. The van der Waals surface area contributed by atoms with Gasteiger partial charge < -0.3 is 15.7 Å². The zero-order chi connectivity index (χ0) is 13.8. The maximum Gasteiger partial charge on any atom is 0.126 e. The second-order valence-electron chi connectivity index (χ2n) is 5.01. The second-order valence-corrected chi connectivity index (χ2v) is 5.42. The van der Waals surface area contributed by atoms with E-state index in [4.69, 9.17) is 17.3 Å². The van der Waals surface area contributed by atoms with Gasteiger partial charge in [0.25, 0.3) is 0 Å². The van der Waals surface area contributed by atoms with Gasteiger partial charge in [0.2, 0.25) is 0 Å². The molecule has 3 N–H and O–H groups in total. The summed E-state index contributed by atoms with van der Waals surface area (Å²) < 4.78 is 0. The van der Waals surface area contributed by atoms with Crippen LogP contribution >= 0.6 is 11.6 Å². The average molecular weight is 284 g/mol. The Bertz CT molecular complexity index is 386. The Balaban J connectivity index is 1.98. The lowest BCUT2D eigenvalue weighted by Crippen LogP contribution is -2.55. The van der Waals surface area contributed by atoms with Gasteiger partial charge in [-0.2, -0.15) is 0 Å². The largest absolute Gasteiger partial charge is 0.376 e. The molecule has 2 aliphatic rings. The second kappa shape index (κ2) is 6.57. The van der Waals surface area contributed by atoms with Crippen LogP contribution in [0.4, 0.5) is 0 Å². The number of piperazine rings is 1. The van der Waals surface area contributed by atoms with Crippen LogP contribution in [-0.2, 0) is 0 Å². The first-order chi connectivity index (χ1) is 9.13. The van der Waals surface area contributed by atoms with Crippen molar-refractivity contribution in [3.63, 3.8) is 0 Å². The van der Waals surface area contributed by atoms with Crippen LogP contribution in [0, 0.1) is 0 Å². The zero-order valence-corrected chi connectivity index (χ0v) is 11.9. The first kappa shape index (κ1) is 14.6. The Morgan fingerprint density at radius 1 is 1.37 bits per heavy atom. The maximum atomic E-state index is 10.4. The summed E-state index contributed by atoms with van der Waals surface area (Å²) >= 11 is 6.17. The lowest BCUT2D eigenvalue weighted by molar-refractivity contribution is -0.0278. The van der Waals surface area contributed by atoms with E-state index in [0.717, 1.165) is 44.6 Å². The molecule has 1 heterocycles. The quantitative estimate of drug-likeness (QED) is 0.815. The van der Waals surface area contributed by atoms with Crippen molar-refractivity contribution >= 4 is 11.6 Å². The molecule has 4 nitrogen and oxygen atoms in total. The highest BCUT2D eigenvalue weighted by Gasteiger charge is 2.29. The molecule has 5 heteroatoms. The van der Waals surface area contributed by atoms with E-state index in [-0.39, 0.29) is 0 Å². The average Bonchev–Trinajstić information content (AvgIpc) is 2.46. The van der Waals surface area contributed by atoms with Gasteiger partial charge in [0.15, 0.2) is 0 Å². The molecular formula is C14H22ClN3O. The van der Waals surface area contributed by atoms with Gasteiger partial charge in [-0.3, -0.25) is 4.90 Å². The minimum atomic E-state index is -0.665.